The number of benzene rings is 2. The smallest absolute Gasteiger partial charge is 0.338 e. The molecule has 0 saturated heterocycles. The molecule has 0 aliphatic rings. The number of hydrogen-bond donors (Lipinski definition) is 1. The number of carbonyl (C=O) groups is 2. The van der Waals surface area contributed by atoms with Gasteiger partial charge in [0, 0.05) is 11.6 Å². The topological polar surface area (TPSA) is 98.5 Å². The summed E-state index contributed by atoms with van der Waals surface area (Å²) < 4.78 is 4.99. The Hall–Kier alpha value is -3.22. The van der Waals surface area contributed by atoms with E-state index in [-0.39, 0.29) is 17.3 Å². The predicted octanol–water partition coefficient (Wildman–Crippen LogP) is 3.64. The van der Waals surface area contributed by atoms with Crippen LogP contribution in [0.1, 0.15) is 46.4 Å². The summed E-state index contributed by atoms with van der Waals surface area (Å²) in [5.74, 6) is -1.21. The van der Waals surface area contributed by atoms with Crippen molar-refractivity contribution in [3.05, 3.63) is 74.8 Å². The molecule has 0 aliphatic heterocycles. The maximum Gasteiger partial charge on any atom is 0.338 e. The molecule has 27 heavy (non-hydrogen) atoms. The molecule has 1 amide bonds. The van der Waals surface area contributed by atoms with Crippen molar-refractivity contribution in [2.75, 3.05) is 6.61 Å². The first-order valence-electron chi connectivity index (χ1n) is 8.60. The van der Waals surface area contributed by atoms with E-state index in [0.29, 0.717) is 12.0 Å². The summed E-state index contributed by atoms with van der Waals surface area (Å²) in [6.07, 6.45) is 0.687. The van der Waals surface area contributed by atoms with E-state index in [1.807, 2.05) is 38.1 Å². The molecule has 0 bridgehead atoms. The van der Waals surface area contributed by atoms with E-state index in [2.05, 4.69) is 5.32 Å². The van der Waals surface area contributed by atoms with E-state index in [0.717, 1.165) is 17.2 Å². The van der Waals surface area contributed by atoms with Crippen LogP contribution in [0, 0.1) is 24.0 Å². The monoisotopic (exact) mass is 370 g/mol. The van der Waals surface area contributed by atoms with E-state index >= 15 is 0 Å². The average Bonchev–Trinajstić information content (AvgIpc) is 2.65. The van der Waals surface area contributed by atoms with Crippen LogP contribution in [0.5, 0.6) is 0 Å². The summed E-state index contributed by atoms with van der Waals surface area (Å²) in [5, 5.41) is 13.8. The Bertz CT molecular complexity index is 846. The van der Waals surface area contributed by atoms with Crippen LogP contribution in [0.25, 0.3) is 0 Å². The van der Waals surface area contributed by atoms with Gasteiger partial charge in [-0.15, -0.1) is 0 Å². The second-order valence-corrected chi connectivity index (χ2v) is 6.27. The first-order chi connectivity index (χ1) is 12.8. The van der Waals surface area contributed by atoms with E-state index in [9.17, 15) is 19.7 Å². The Balaban J connectivity index is 1.96. The van der Waals surface area contributed by atoms with Gasteiger partial charge in [-0.25, -0.2) is 4.79 Å². The van der Waals surface area contributed by atoms with Crippen LogP contribution in [0.4, 0.5) is 5.69 Å². The minimum Gasteiger partial charge on any atom is -0.452 e. The Morgan fingerprint density at radius 1 is 1.15 bits per heavy atom. The van der Waals surface area contributed by atoms with Crippen LogP contribution in [0.2, 0.25) is 0 Å². The van der Waals surface area contributed by atoms with Gasteiger partial charge in [0.2, 0.25) is 0 Å². The van der Waals surface area contributed by atoms with Crippen molar-refractivity contribution >= 4 is 17.6 Å². The Labute approximate surface area is 157 Å². The Morgan fingerprint density at radius 3 is 2.41 bits per heavy atom. The molecular weight excluding hydrogens is 348 g/mol. The number of rotatable bonds is 7. The van der Waals surface area contributed by atoms with Crippen molar-refractivity contribution in [3.63, 3.8) is 0 Å². The van der Waals surface area contributed by atoms with E-state index in [4.69, 9.17) is 4.74 Å². The molecule has 0 aliphatic carbocycles. The van der Waals surface area contributed by atoms with Gasteiger partial charge in [-0.3, -0.25) is 14.9 Å². The lowest BCUT2D eigenvalue weighted by atomic mass is 10.0. The highest BCUT2D eigenvalue weighted by Gasteiger charge is 2.18. The van der Waals surface area contributed by atoms with Crippen LogP contribution in [-0.2, 0) is 9.53 Å². The number of esters is 1. The molecule has 0 radical (unpaired) electrons. The number of amides is 1. The highest BCUT2D eigenvalue weighted by Crippen LogP contribution is 2.20. The first kappa shape index (κ1) is 20.1. The lowest BCUT2D eigenvalue weighted by molar-refractivity contribution is -0.385. The quantitative estimate of drug-likeness (QED) is 0.456. The van der Waals surface area contributed by atoms with Crippen LogP contribution in [0.3, 0.4) is 0 Å². The third kappa shape index (κ3) is 5.37. The average molecular weight is 370 g/mol. The summed E-state index contributed by atoms with van der Waals surface area (Å²) in [6.45, 7) is 5.06. The van der Waals surface area contributed by atoms with E-state index in [1.54, 1.807) is 6.92 Å². The molecule has 0 aromatic heterocycles. The van der Waals surface area contributed by atoms with Gasteiger partial charge in [0.15, 0.2) is 6.61 Å². The van der Waals surface area contributed by atoms with Crippen LogP contribution in [-0.4, -0.2) is 23.4 Å². The van der Waals surface area contributed by atoms with Gasteiger partial charge < -0.3 is 10.1 Å². The fourth-order valence-electron chi connectivity index (χ4n) is 2.60. The predicted molar refractivity (Wildman–Crippen MR) is 100 cm³/mol. The van der Waals surface area contributed by atoms with Crippen molar-refractivity contribution in [3.8, 4) is 0 Å². The van der Waals surface area contributed by atoms with Crippen LogP contribution in [0.15, 0.2) is 42.5 Å². The highest BCUT2D eigenvalue weighted by atomic mass is 16.6. The lowest BCUT2D eigenvalue weighted by Crippen LogP contribution is -2.32. The zero-order valence-corrected chi connectivity index (χ0v) is 15.5. The second kappa shape index (κ2) is 8.93. The normalized spacial score (nSPS) is 11.5. The number of ether oxygens (including phenoxy) is 1. The molecule has 1 atom stereocenters. The third-order valence-corrected chi connectivity index (χ3v) is 4.20. The highest BCUT2D eigenvalue weighted by molar-refractivity contribution is 5.92. The number of nitro benzene ring substituents is 1. The summed E-state index contributed by atoms with van der Waals surface area (Å²) in [6, 6.07) is 11.7. The summed E-state index contributed by atoms with van der Waals surface area (Å²) in [7, 11) is 0. The second-order valence-electron chi connectivity index (χ2n) is 6.27. The molecule has 7 heteroatoms. The molecule has 0 spiro atoms. The van der Waals surface area contributed by atoms with Gasteiger partial charge >= 0.3 is 5.97 Å². The molecule has 2 aromatic rings. The number of nitrogens with zero attached hydrogens (tertiary/aromatic N) is 1. The summed E-state index contributed by atoms with van der Waals surface area (Å²) in [5.41, 5.74) is 2.40. The maximum absolute atomic E-state index is 12.1. The van der Waals surface area contributed by atoms with E-state index < -0.39 is 23.4 Å². The molecular formula is C20H22N2O5. The molecule has 0 unspecified atom stereocenters. The zero-order valence-electron chi connectivity index (χ0n) is 15.5. The van der Waals surface area contributed by atoms with Crippen molar-refractivity contribution in [2.24, 2.45) is 0 Å². The fourth-order valence-corrected chi connectivity index (χ4v) is 2.60. The van der Waals surface area contributed by atoms with Crippen molar-refractivity contribution in [1.29, 1.82) is 0 Å². The first-order valence-corrected chi connectivity index (χ1v) is 8.60. The minimum absolute atomic E-state index is 0.0330. The number of hydrogen-bond acceptors (Lipinski definition) is 5. The molecule has 1 N–H and O–H groups in total. The fraction of sp³-hybridized carbons (Fsp3) is 0.300. The lowest BCUT2D eigenvalue weighted by Gasteiger charge is -2.17. The van der Waals surface area contributed by atoms with Crippen molar-refractivity contribution in [1.82, 2.24) is 5.32 Å². The van der Waals surface area contributed by atoms with Gasteiger partial charge in [-0.05, 0) is 31.9 Å². The van der Waals surface area contributed by atoms with E-state index in [1.165, 1.54) is 12.1 Å². The molecule has 2 rings (SSSR count). The number of aryl methyl sites for hydroxylation is 2. The van der Waals surface area contributed by atoms with Crippen molar-refractivity contribution < 1.29 is 19.2 Å². The molecule has 142 valence electrons. The summed E-state index contributed by atoms with van der Waals surface area (Å²) >= 11 is 0. The van der Waals surface area contributed by atoms with Crippen LogP contribution >= 0.6 is 0 Å². The zero-order chi connectivity index (χ0) is 20.0. The largest absolute Gasteiger partial charge is 0.452 e. The van der Waals surface area contributed by atoms with Crippen LogP contribution < -0.4 is 5.32 Å². The minimum atomic E-state index is -0.781. The van der Waals surface area contributed by atoms with Gasteiger partial charge in [0.05, 0.1) is 16.5 Å². The van der Waals surface area contributed by atoms with Gasteiger partial charge in [0.1, 0.15) is 0 Å². The SMILES string of the molecule is CC[C@@H](NC(=O)COC(=O)c1ccc(C)c([N+](=O)[O-])c1)c1ccc(C)cc1. The maximum atomic E-state index is 12.1. The molecule has 7 nitrogen and oxygen atoms in total. The third-order valence-electron chi connectivity index (χ3n) is 4.20. The molecule has 0 fully saturated rings. The Kier molecular flexibility index (Phi) is 6.65. The molecule has 2 aromatic carbocycles. The summed E-state index contributed by atoms with van der Waals surface area (Å²) in [4.78, 5) is 34.6. The number of nitrogens with one attached hydrogen (secondary N) is 1. The van der Waals surface area contributed by atoms with Gasteiger partial charge in [0.25, 0.3) is 11.6 Å². The standard InChI is InChI=1S/C20H22N2O5/c1-4-17(15-8-5-13(2)6-9-15)21-19(23)12-27-20(24)16-10-7-14(3)18(11-16)22(25)26/h5-11,17H,4,12H2,1-3H3,(H,21,23)/t17-/m1/s1. The number of nitro groups is 1. The molecule has 0 saturated carbocycles. The van der Waals surface area contributed by atoms with Crippen molar-refractivity contribution in [2.45, 2.75) is 33.2 Å². The number of carbonyl (C=O) groups excluding carboxylic acids is 2. The molecule has 0 heterocycles. The van der Waals surface area contributed by atoms with Gasteiger partial charge in [-0.2, -0.15) is 0 Å². The Morgan fingerprint density at radius 2 is 1.81 bits per heavy atom. The van der Waals surface area contributed by atoms with Gasteiger partial charge in [-0.1, -0.05) is 42.8 Å².